The predicted octanol–water partition coefficient (Wildman–Crippen LogP) is 4.35. The molecule has 1 aliphatic carbocycles. The zero-order chi connectivity index (χ0) is 14.9. The molecular weight excluding hydrogens is 342 g/mol. The minimum Gasteiger partial charge on any atom is -0.454 e. The molecule has 2 aromatic carbocycles. The number of hydrogen-bond acceptors (Lipinski definition) is 3. The van der Waals surface area contributed by atoms with Crippen molar-refractivity contribution in [2.45, 2.75) is 31.8 Å². The van der Waals surface area contributed by atoms with Gasteiger partial charge >= 0.3 is 0 Å². The summed E-state index contributed by atoms with van der Waals surface area (Å²) in [4.78, 5) is 0. The number of hydrogen-bond donors (Lipinski definition) is 1. The van der Waals surface area contributed by atoms with Crippen molar-refractivity contribution in [2.24, 2.45) is 0 Å². The second-order valence-electron chi connectivity index (χ2n) is 5.84. The van der Waals surface area contributed by atoms with Crippen LogP contribution in [0.2, 0.25) is 0 Å². The Morgan fingerprint density at radius 1 is 1.18 bits per heavy atom. The van der Waals surface area contributed by atoms with E-state index in [-0.39, 0.29) is 0 Å². The Kier molecular flexibility index (Phi) is 3.80. The molecule has 0 unspecified atom stereocenters. The molecule has 2 aliphatic rings. The molecule has 2 aromatic rings. The van der Waals surface area contributed by atoms with E-state index in [1.54, 1.807) is 0 Å². The molecular formula is C18H18BrNO2. The van der Waals surface area contributed by atoms with Gasteiger partial charge in [0.2, 0.25) is 6.79 Å². The van der Waals surface area contributed by atoms with Crippen molar-refractivity contribution in [3.05, 3.63) is 57.6 Å². The summed E-state index contributed by atoms with van der Waals surface area (Å²) < 4.78 is 11.9. The van der Waals surface area contributed by atoms with Crippen LogP contribution >= 0.6 is 15.9 Å². The second-order valence-corrected chi connectivity index (χ2v) is 6.69. The maximum absolute atomic E-state index is 5.49. The van der Waals surface area contributed by atoms with Crippen LogP contribution in [0, 0.1) is 0 Å². The van der Waals surface area contributed by atoms with Crippen molar-refractivity contribution >= 4 is 15.9 Å². The first-order valence-corrected chi connectivity index (χ1v) is 8.50. The lowest BCUT2D eigenvalue weighted by atomic mass is 9.87. The lowest BCUT2D eigenvalue weighted by molar-refractivity contribution is 0.173. The molecule has 0 spiro atoms. The summed E-state index contributed by atoms with van der Waals surface area (Å²) in [7, 11) is 0. The highest BCUT2D eigenvalue weighted by Gasteiger charge is 2.21. The maximum Gasteiger partial charge on any atom is 0.231 e. The molecule has 1 atom stereocenters. The summed E-state index contributed by atoms with van der Waals surface area (Å²) in [6, 6.07) is 13.4. The molecule has 0 aromatic heterocycles. The highest BCUT2D eigenvalue weighted by atomic mass is 79.9. The fourth-order valence-corrected chi connectivity index (χ4v) is 3.93. The molecule has 0 saturated carbocycles. The first-order valence-electron chi connectivity index (χ1n) is 7.70. The molecule has 0 saturated heterocycles. The van der Waals surface area contributed by atoms with Gasteiger partial charge in [0, 0.05) is 12.6 Å². The number of aryl methyl sites for hydroxylation is 1. The van der Waals surface area contributed by atoms with E-state index < -0.39 is 0 Å². The van der Waals surface area contributed by atoms with Gasteiger partial charge in [-0.3, -0.25) is 0 Å². The van der Waals surface area contributed by atoms with E-state index >= 15 is 0 Å². The molecule has 1 heterocycles. The van der Waals surface area contributed by atoms with Crippen molar-refractivity contribution < 1.29 is 9.47 Å². The molecule has 114 valence electrons. The van der Waals surface area contributed by atoms with Crippen LogP contribution in [-0.2, 0) is 13.0 Å². The Balaban J connectivity index is 1.51. The van der Waals surface area contributed by atoms with Crippen LogP contribution in [0.1, 0.15) is 35.6 Å². The molecule has 22 heavy (non-hydrogen) atoms. The molecule has 0 fully saturated rings. The summed E-state index contributed by atoms with van der Waals surface area (Å²) in [6.07, 6.45) is 3.65. The van der Waals surface area contributed by atoms with Crippen LogP contribution in [0.15, 0.2) is 40.9 Å². The van der Waals surface area contributed by atoms with Gasteiger partial charge in [-0.05, 0) is 64.0 Å². The van der Waals surface area contributed by atoms with Crippen molar-refractivity contribution in [3.8, 4) is 11.5 Å². The van der Waals surface area contributed by atoms with Crippen molar-refractivity contribution in [1.82, 2.24) is 5.32 Å². The zero-order valence-corrected chi connectivity index (χ0v) is 13.9. The summed E-state index contributed by atoms with van der Waals surface area (Å²) in [5, 5.41) is 3.70. The van der Waals surface area contributed by atoms with Crippen molar-refractivity contribution in [3.63, 3.8) is 0 Å². The molecule has 4 heteroatoms. The molecule has 0 amide bonds. The number of fused-ring (bicyclic) bond motifs is 2. The van der Waals surface area contributed by atoms with Crippen LogP contribution < -0.4 is 14.8 Å². The van der Waals surface area contributed by atoms with Gasteiger partial charge in [0.15, 0.2) is 11.5 Å². The maximum atomic E-state index is 5.49. The molecule has 3 nitrogen and oxygen atoms in total. The average molecular weight is 360 g/mol. The zero-order valence-electron chi connectivity index (χ0n) is 12.3. The van der Waals surface area contributed by atoms with E-state index in [0.29, 0.717) is 12.8 Å². The highest BCUT2D eigenvalue weighted by molar-refractivity contribution is 9.10. The third-order valence-electron chi connectivity index (χ3n) is 4.41. The summed E-state index contributed by atoms with van der Waals surface area (Å²) in [5.74, 6) is 1.64. The van der Waals surface area contributed by atoms with Gasteiger partial charge in [0.25, 0.3) is 0 Å². The van der Waals surface area contributed by atoms with Gasteiger partial charge in [-0.25, -0.2) is 0 Å². The van der Waals surface area contributed by atoms with Gasteiger partial charge in [-0.1, -0.05) is 24.3 Å². The first-order chi connectivity index (χ1) is 10.8. The third kappa shape index (κ3) is 2.61. The molecule has 0 bridgehead atoms. The average Bonchev–Trinajstić information content (AvgIpc) is 3.02. The van der Waals surface area contributed by atoms with Crippen molar-refractivity contribution in [2.75, 3.05) is 6.79 Å². The topological polar surface area (TPSA) is 30.5 Å². The second kappa shape index (κ2) is 5.94. The number of halogens is 1. The van der Waals surface area contributed by atoms with E-state index in [1.165, 1.54) is 36.0 Å². The van der Waals surface area contributed by atoms with Crippen LogP contribution in [0.4, 0.5) is 0 Å². The normalized spacial score (nSPS) is 19.0. The largest absolute Gasteiger partial charge is 0.454 e. The fraction of sp³-hybridized carbons (Fsp3) is 0.333. The van der Waals surface area contributed by atoms with Crippen LogP contribution in [-0.4, -0.2) is 6.79 Å². The molecule has 1 aliphatic heterocycles. The van der Waals surface area contributed by atoms with E-state index in [9.17, 15) is 0 Å². The van der Waals surface area contributed by atoms with Gasteiger partial charge in [-0.2, -0.15) is 0 Å². The summed E-state index contributed by atoms with van der Waals surface area (Å²) >= 11 is 3.56. The number of benzene rings is 2. The Morgan fingerprint density at radius 2 is 2.09 bits per heavy atom. The van der Waals surface area contributed by atoms with Gasteiger partial charge in [0.1, 0.15) is 0 Å². The first kappa shape index (κ1) is 14.1. The van der Waals surface area contributed by atoms with E-state index in [2.05, 4.69) is 57.6 Å². The Morgan fingerprint density at radius 3 is 3.05 bits per heavy atom. The quantitative estimate of drug-likeness (QED) is 0.883. The molecule has 4 rings (SSSR count). The Hall–Kier alpha value is -1.52. The van der Waals surface area contributed by atoms with Crippen LogP contribution in [0.5, 0.6) is 11.5 Å². The minimum absolute atomic E-state index is 0.306. The van der Waals surface area contributed by atoms with Gasteiger partial charge in [-0.15, -0.1) is 0 Å². The standard InChI is InChI=1S/C18H18BrNO2/c19-15-8-12(9-17-18(15)22-11-21-17)10-20-16-7-3-5-13-4-1-2-6-14(13)16/h1-2,4,6,8-9,16,20H,3,5,7,10-11H2/t16-/m0/s1. The van der Waals surface area contributed by atoms with Crippen molar-refractivity contribution in [1.29, 1.82) is 0 Å². The van der Waals surface area contributed by atoms with Crippen LogP contribution in [0.3, 0.4) is 0 Å². The lowest BCUT2D eigenvalue weighted by Crippen LogP contribution is -2.24. The molecule has 1 N–H and O–H groups in total. The number of rotatable bonds is 3. The number of ether oxygens (including phenoxy) is 2. The van der Waals surface area contributed by atoms with Gasteiger partial charge in [0.05, 0.1) is 4.47 Å². The lowest BCUT2D eigenvalue weighted by Gasteiger charge is -2.26. The summed E-state index contributed by atoms with van der Waals surface area (Å²) in [5.41, 5.74) is 4.14. The van der Waals surface area contributed by atoms with E-state index in [4.69, 9.17) is 9.47 Å². The fourth-order valence-electron chi connectivity index (χ4n) is 3.33. The van der Waals surface area contributed by atoms with E-state index in [0.717, 1.165) is 22.5 Å². The minimum atomic E-state index is 0.306. The Labute approximate surface area is 138 Å². The number of nitrogens with one attached hydrogen (secondary N) is 1. The van der Waals surface area contributed by atoms with E-state index in [1.807, 2.05) is 0 Å². The SMILES string of the molecule is Brc1cc(CN[C@H]2CCCc3ccccc32)cc2c1OCO2. The summed E-state index contributed by atoms with van der Waals surface area (Å²) in [6.45, 7) is 1.13. The van der Waals surface area contributed by atoms with Gasteiger partial charge < -0.3 is 14.8 Å². The predicted molar refractivity (Wildman–Crippen MR) is 89.2 cm³/mol. The monoisotopic (exact) mass is 359 g/mol. The third-order valence-corrected chi connectivity index (χ3v) is 5.00. The van der Waals surface area contributed by atoms with Crippen LogP contribution in [0.25, 0.3) is 0 Å². The molecule has 0 radical (unpaired) electrons. The highest BCUT2D eigenvalue weighted by Crippen LogP contribution is 2.40. The smallest absolute Gasteiger partial charge is 0.231 e. The Bertz CT molecular complexity index is 701.